The third kappa shape index (κ3) is 5.15. The summed E-state index contributed by atoms with van der Waals surface area (Å²) >= 11 is 0. The lowest BCUT2D eigenvalue weighted by atomic mass is 9.87. The number of nitrogens with one attached hydrogen (secondary N) is 2. The van der Waals surface area contributed by atoms with E-state index < -0.39 is 0 Å². The van der Waals surface area contributed by atoms with E-state index in [-0.39, 0.29) is 11.8 Å². The van der Waals surface area contributed by atoms with Gasteiger partial charge in [0, 0.05) is 43.3 Å². The fourth-order valence-electron chi connectivity index (χ4n) is 5.04. The molecule has 164 valence electrons. The van der Waals surface area contributed by atoms with Crippen LogP contribution in [0.15, 0.2) is 29.3 Å². The summed E-state index contributed by atoms with van der Waals surface area (Å²) in [4.78, 5) is 19.9. The van der Waals surface area contributed by atoms with Crippen LogP contribution in [0.25, 0.3) is 0 Å². The zero-order valence-electron chi connectivity index (χ0n) is 18.3. The second-order valence-electron chi connectivity index (χ2n) is 9.17. The van der Waals surface area contributed by atoms with Crippen molar-refractivity contribution in [3.63, 3.8) is 0 Å². The first-order valence-electron chi connectivity index (χ1n) is 11.7. The minimum Gasteiger partial charge on any atom is -0.381 e. The summed E-state index contributed by atoms with van der Waals surface area (Å²) in [5.41, 5.74) is 2.32. The molecule has 2 heterocycles. The maximum atomic E-state index is 12.6. The first kappa shape index (κ1) is 21.2. The van der Waals surface area contributed by atoms with Gasteiger partial charge in [-0.3, -0.25) is 4.79 Å². The maximum absolute atomic E-state index is 12.6. The Bertz CT molecular complexity index is 751. The standard InChI is InChI=1S/C24H36N4O2/c1-2-25-23(28-13-11-24(17-28)12-14-30-18-24)26-16-19-7-6-10-21(15-19)27-22(29)20-8-4-3-5-9-20/h6-7,10,15,20H,2-5,8-9,11-14,16-18H2,1H3,(H,25,26)(H,27,29). The molecular weight excluding hydrogens is 376 g/mol. The van der Waals surface area contributed by atoms with Crippen LogP contribution in [-0.4, -0.2) is 49.6 Å². The van der Waals surface area contributed by atoms with Gasteiger partial charge in [0.15, 0.2) is 5.96 Å². The smallest absolute Gasteiger partial charge is 0.227 e. The second-order valence-corrected chi connectivity index (χ2v) is 9.17. The van der Waals surface area contributed by atoms with Crippen LogP contribution in [0.3, 0.4) is 0 Å². The molecule has 1 aromatic rings. The number of likely N-dealkylation sites (tertiary alicyclic amines) is 1. The Labute approximate surface area is 180 Å². The van der Waals surface area contributed by atoms with E-state index >= 15 is 0 Å². The van der Waals surface area contributed by atoms with Gasteiger partial charge in [-0.1, -0.05) is 31.4 Å². The van der Waals surface area contributed by atoms with Crippen LogP contribution in [0.5, 0.6) is 0 Å². The second kappa shape index (κ2) is 9.82. The van der Waals surface area contributed by atoms with Gasteiger partial charge in [-0.05, 0) is 50.3 Å². The average molecular weight is 413 g/mol. The van der Waals surface area contributed by atoms with Crippen molar-refractivity contribution in [2.45, 2.75) is 58.4 Å². The van der Waals surface area contributed by atoms with Gasteiger partial charge in [0.05, 0.1) is 13.2 Å². The van der Waals surface area contributed by atoms with E-state index in [0.717, 1.165) is 69.3 Å². The molecule has 1 unspecified atom stereocenters. The van der Waals surface area contributed by atoms with E-state index in [1.165, 1.54) is 25.7 Å². The molecule has 1 aromatic carbocycles. The summed E-state index contributed by atoms with van der Waals surface area (Å²) < 4.78 is 5.67. The lowest BCUT2D eigenvalue weighted by Gasteiger charge is -2.25. The first-order chi connectivity index (χ1) is 14.7. The van der Waals surface area contributed by atoms with E-state index in [9.17, 15) is 4.79 Å². The molecule has 1 aliphatic carbocycles. The molecule has 0 radical (unpaired) electrons. The van der Waals surface area contributed by atoms with E-state index in [0.29, 0.717) is 12.0 Å². The molecule has 2 saturated heterocycles. The number of benzene rings is 1. The highest BCUT2D eigenvalue weighted by atomic mass is 16.5. The van der Waals surface area contributed by atoms with Gasteiger partial charge in [-0.2, -0.15) is 0 Å². The van der Waals surface area contributed by atoms with Gasteiger partial charge in [-0.15, -0.1) is 0 Å². The Morgan fingerprint density at radius 1 is 1.27 bits per heavy atom. The van der Waals surface area contributed by atoms with Crippen LogP contribution in [0.1, 0.15) is 57.4 Å². The summed E-state index contributed by atoms with van der Waals surface area (Å²) in [6, 6.07) is 8.13. The van der Waals surface area contributed by atoms with Crippen LogP contribution in [0.4, 0.5) is 5.69 Å². The Balaban J connectivity index is 1.38. The van der Waals surface area contributed by atoms with Gasteiger partial charge in [0.2, 0.25) is 5.91 Å². The Hall–Kier alpha value is -2.08. The number of nitrogens with zero attached hydrogens (tertiary/aromatic N) is 2. The van der Waals surface area contributed by atoms with Crippen LogP contribution in [0.2, 0.25) is 0 Å². The number of carbonyl (C=O) groups is 1. The van der Waals surface area contributed by atoms with Crippen molar-refractivity contribution in [3.8, 4) is 0 Å². The summed E-state index contributed by atoms with van der Waals surface area (Å²) in [7, 11) is 0. The fraction of sp³-hybridized carbons (Fsp3) is 0.667. The Morgan fingerprint density at radius 2 is 2.13 bits per heavy atom. The van der Waals surface area contributed by atoms with Crippen molar-refractivity contribution in [3.05, 3.63) is 29.8 Å². The molecular formula is C24H36N4O2. The van der Waals surface area contributed by atoms with Crippen LogP contribution < -0.4 is 10.6 Å². The average Bonchev–Trinajstić information content (AvgIpc) is 3.42. The molecule has 1 atom stereocenters. The molecule has 1 amide bonds. The molecule has 6 heteroatoms. The number of aliphatic imine (C=N–C) groups is 1. The van der Waals surface area contributed by atoms with Crippen molar-refractivity contribution in [2.24, 2.45) is 16.3 Å². The van der Waals surface area contributed by atoms with Gasteiger partial charge in [0.25, 0.3) is 0 Å². The van der Waals surface area contributed by atoms with Gasteiger partial charge in [0.1, 0.15) is 0 Å². The summed E-state index contributed by atoms with van der Waals surface area (Å²) in [6.07, 6.45) is 7.98. The SMILES string of the molecule is CCNC(=NCc1cccc(NC(=O)C2CCCCC2)c1)N1CCC2(CCOC2)C1. The number of hydrogen-bond acceptors (Lipinski definition) is 3. The van der Waals surface area contributed by atoms with Crippen molar-refractivity contribution < 1.29 is 9.53 Å². The van der Waals surface area contributed by atoms with Gasteiger partial charge >= 0.3 is 0 Å². The Kier molecular flexibility index (Phi) is 6.93. The van der Waals surface area contributed by atoms with E-state index in [1.807, 2.05) is 12.1 Å². The third-order valence-corrected chi connectivity index (χ3v) is 6.84. The largest absolute Gasteiger partial charge is 0.381 e. The number of hydrogen-bond donors (Lipinski definition) is 2. The molecule has 1 saturated carbocycles. The minimum atomic E-state index is 0.169. The van der Waals surface area contributed by atoms with Crippen molar-refractivity contribution in [1.82, 2.24) is 10.2 Å². The van der Waals surface area contributed by atoms with Crippen molar-refractivity contribution in [2.75, 3.05) is 38.2 Å². The predicted molar refractivity (Wildman–Crippen MR) is 121 cm³/mol. The van der Waals surface area contributed by atoms with Crippen LogP contribution in [0, 0.1) is 11.3 Å². The summed E-state index contributed by atoms with van der Waals surface area (Å²) in [6.45, 7) is 7.41. The van der Waals surface area contributed by atoms with Gasteiger partial charge in [-0.25, -0.2) is 4.99 Å². The lowest BCUT2D eigenvalue weighted by molar-refractivity contribution is -0.120. The number of amides is 1. The number of ether oxygens (including phenoxy) is 1. The minimum absolute atomic E-state index is 0.169. The van der Waals surface area contributed by atoms with Gasteiger partial charge < -0.3 is 20.3 Å². The monoisotopic (exact) mass is 412 g/mol. The number of anilines is 1. The molecule has 4 rings (SSSR count). The third-order valence-electron chi connectivity index (χ3n) is 6.84. The highest BCUT2D eigenvalue weighted by Crippen LogP contribution is 2.38. The predicted octanol–water partition coefficient (Wildman–Crippen LogP) is 3.78. The first-order valence-corrected chi connectivity index (χ1v) is 11.7. The number of rotatable bonds is 5. The van der Waals surface area contributed by atoms with Crippen LogP contribution in [-0.2, 0) is 16.1 Å². The van der Waals surface area contributed by atoms with E-state index in [2.05, 4.69) is 34.6 Å². The molecule has 0 aromatic heterocycles. The highest BCUT2D eigenvalue weighted by molar-refractivity contribution is 5.92. The zero-order valence-corrected chi connectivity index (χ0v) is 18.3. The van der Waals surface area contributed by atoms with E-state index in [1.54, 1.807) is 0 Å². The normalized spacial score (nSPS) is 25.1. The zero-order chi connectivity index (χ0) is 20.8. The highest BCUT2D eigenvalue weighted by Gasteiger charge is 2.42. The quantitative estimate of drug-likeness (QED) is 0.571. The number of carbonyl (C=O) groups excluding carboxylic acids is 1. The Morgan fingerprint density at radius 3 is 2.90 bits per heavy atom. The van der Waals surface area contributed by atoms with Crippen LogP contribution >= 0.6 is 0 Å². The van der Waals surface area contributed by atoms with E-state index in [4.69, 9.17) is 9.73 Å². The maximum Gasteiger partial charge on any atom is 0.227 e. The molecule has 2 N–H and O–H groups in total. The summed E-state index contributed by atoms with van der Waals surface area (Å²) in [5.74, 6) is 1.32. The molecule has 6 nitrogen and oxygen atoms in total. The fourth-order valence-corrected chi connectivity index (χ4v) is 5.04. The topological polar surface area (TPSA) is 66.0 Å². The van der Waals surface area contributed by atoms with Crippen molar-refractivity contribution in [1.29, 1.82) is 0 Å². The number of guanidine groups is 1. The molecule has 30 heavy (non-hydrogen) atoms. The van der Waals surface area contributed by atoms with Crippen molar-refractivity contribution >= 4 is 17.6 Å². The lowest BCUT2D eigenvalue weighted by Crippen LogP contribution is -2.41. The molecule has 0 bridgehead atoms. The molecule has 2 aliphatic heterocycles. The molecule has 3 fully saturated rings. The summed E-state index contributed by atoms with van der Waals surface area (Å²) in [5, 5.41) is 6.58. The molecule has 3 aliphatic rings. The molecule has 1 spiro atoms.